The van der Waals surface area contributed by atoms with Gasteiger partial charge in [0.1, 0.15) is 12.7 Å². The fourth-order valence-corrected chi connectivity index (χ4v) is 4.15. The number of anilines is 1. The summed E-state index contributed by atoms with van der Waals surface area (Å²) in [4.78, 5) is 43.5. The Labute approximate surface area is 189 Å². The third-order valence-corrected chi connectivity index (χ3v) is 5.66. The van der Waals surface area contributed by atoms with Crippen LogP contribution >= 0.6 is 0 Å². The molecule has 164 valence electrons. The number of aromatic nitrogens is 3. The molecule has 2 heterocycles. The van der Waals surface area contributed by atoms with Crippen LogP contribution in [0.5, 0.6) is 0 Å². The highest BCUT2D eigenvalue weighted by Gasteiger charge is 2.32. The van der Waals surface area contributed by atoms with Gasteiger partial charge in [0.2, 0.25) is 5.91 Å². The smallest absolute Gasteiger partial charge is 0.261 e. The lowest BCUT2D eigenvalue weighted by Crippen LogP contribution is -2.41. The molecule has 8 heteroatoms. The summed E-state index contributed by atoms with van der Waals surface area (Å²) in [5.74, 6) is -0.802. The van der Waals surface area contributed by atoms with Crippen molar-refractivity contribution in [1.82, 2.24) is 19.7 Å². The van der Waals surface area contributed by atoms with Crippen molar-refractivity contribution in [2.45, 2.75) is 19.4 Å². The average Bonchev–Trinajstić information content (AvgIpc) is 3.33. The summed E-state index contributed by atoms with van der Waals surface area (Å²) >= 11 is 0. The molecule has 33 heavy (non-hydrogen) atoms. The fourth-order valence-electron chi connectivity index (χ4n) is 4.15. The Morgan fingerprint density at radius 2 is 1.67 bits per heavy atom. The predicted molar refractivity (Wildman–Crippen MR) is 123 cm³/mol. The number of hydrogen-bond acceptors (Lipinski definition) is 5. The Balaban J connectivity index is 1.20. The van der Waals surface area contributed by atoms with Crippen molar-refractivity contribution in [2.75, 3.05) is 11.9 Å². The molecule has 4 aromatic rings. The molecule has 3 aromatic carbocycles. The topological polar surface area (TPSA) is 97.2 Å². The first-order chi connectivity index (χ1) is 16.1. The van der Waals surface area contributed by atoms with Gasteiger partial charge in [0, 0.05) is 35.2 Å². The molecule has 1 aliphatic rings. The van der Waals surface area contributed by atoms with Gasteiger partial charge >= 0.3 is 0 Å². The summed E-state index contributed by atoms with van der Waals surface area (Å²) in [6.45, 7) is 0.735. The summed E-state index contributed by atoms with van der Waals surface area (Å²) in [6, 6.07) is 18.4. The Hall–Kier alpha value is -4.33. The molecule has 0 saturated heterocycles. The maximum absolute atomic E-state index is 12.9. The summed E-state index contributed by atoms with van der Waals surface area (Å²) in [5, 5.41) is 8.54. The Kier molecular flexibility index (Phi) is 5.40. The van der Waals surface area contributed by atoms with Crippen molar-refractivity contribution in [3.63, 3.8) is 0 Å². The first-order valence-electron chi connectivity index (χ1n) is 10.7. The van der Waals surface area contributed by atoms with Gasteiger partial charge < -0.3 is 5.32 Å². The zero-order valence-corrected chi connectivity index (χ0v) is 17.8. The lowest BCUT2D eigenvalue weighted by atomic mass is 9.94. The van der Waals surface area contributed by atoms with Crippen molar-refractivity contribution < 1.29 is 14.4 Å². The number of rotatable bonds is 7. The number of hydrogen-bond donors (Lipinski definition) is 1. The lowest BCUT2D eigenvalue weighted by molar-refractivity contribution is -0.116. The number of amides is 3. The van der Waals surface area contributed by atoms with Gasteiger partial charge in [-0.25, -0.2) is 9.67 Å². The number of nitrogens with zero attached hydrogens (tertiary/aromatic N) is 4. The van der Waals surface area contributed by atoms with Crippen LogP contribution in [0.15, 0.2) is 73.3 Å². The van der Waals surface area contributed by atoms with Crippen LogP contribution in [-0.2, 0) is 11.3 Å². The zero-order chi connectivity index (χ0) is 22.8. The van der Waals surface area contributed by atoms with E-state index in [1.165, 1.54) is 11.2 Å². The van der Waals surface area contributed by atoms with Crippen LogP contribution in [0.1, 0.15) is 39.1 Å². The van der Waals surface area contributed by atoms with Crippen LogP contribution in [0.3, 0.4) is 0 Å². The van der Waals surface area contributed by atoms with Crippen LogP contribution in [0.25, 0.3) is 10.8 Å². The highest BCUT2D eigenvalue weighted by molar-refractivity contribution is 6.25. The molecule has 1 N–H and O–H groups in total. The molecular formula is C25H21N5O3. The number of nitrogens with one attached hydrogen (secondary N) is 1. The molecule has 0 unspecified atom stereocenters. The third-order valence-electron chi connectivity index (χ3n) is 5.66. The monoisotopic (exact) mass is 439 g/mol. The van der Waals surface area contributed by atoms with Crippen molar-refractivity contribution in [3.05, 3.63) is 90.0 Å². The quantitative estimate of drug-likeness (QED) is 0.445. The standard InChI is InChI=1S/C25H21N5O3/c31-22(28-19-8-1-5-17(13-19)14-29-16-26-15-27-29)11-4-12-30-24(32)20-9-2-6-18-7-3-10-21(23(18)20)25(30)33/h1-3,5-10,13,15-16H,4,11-12,14H2,(H,28,31). The molecule has 0 spiro atoms. The third kappa shape index (κ3) is 4.10. The van der Waals surface area contributed by atoms with E-state index < -0.39 is 0 Å². The molecule has 1 aromatic heterocycles. The second-order valence-electron chi connectivity index (χ2n) is 7.92. The molecule has 0 aliphatic carbocycles. The summed E-state index contributed by atoms with van der Waals surface area (Å²) in [7, 11) is 0. The van der Waals surface area contributed by atoms with Gasteiger partial charge in [-0.1, -0.05) is 36.4 Å². The van der Waals surface area contributed by atoms with Crippen molar-refractivity contribution in [3.8, 4) is 0 Å². The Bertz CT molecular complexity index is 1310. The SMILES string of the molecule is O=C(CCCN1C(=O)c2cccc3cccc(c23)C1=O)Nc1cccc(Cn2cncn2)c1. The largest absolute Gasteiger partial charge is 0.326 e. The molecule has 5 rings (SSSR count). The van der Waals surface area contributed by atoms with Crippen molar-refractivity contribution in [1.29, 1.82) is 0 Å². The van der Waals surface area contributed by atoms with Gasteiger partial charge in [0.15, 0.2) is 0 Å². The van der Waals surface area contributed by atoms with Gasteiger partial charge in [0.05, 0.1) is 6.54 Å². The minimum Gasteiger partial charge on any atom is -0.326 e. The van der Waals surface area contributed by atoms with Gasteiger partial charge in [0.25, 0.3) is 11.8 Å². The van der Waals surface area contributed by atoms with E-state index in [0.717, 1.165) is 10.9 Å². The second kappa shape index (κ2) is 8.66. The lowest BCUT2D eigenvalue weighted by Gasteiger charge is -2.27. The summed E-state index contributed by atoms with van der Waals surface area (Å²) in [6.07, 6.45) is 3.67. The average molecular weight is 439 g/mol. The Morgan fingerprint density at radius 3 is 2.36 bits per heavy atom. The first kappa shape index (κ1) is 20.6. The van der Waals surface area contributed by atoms with E-state index in [2.05, 4.69) is 15.4 Å². The molecular weight excluding hydrogens is 418 g/mol. The van der Waals surface area contributed by atoms with Gasteiger partial charge in [-0.05, 0) is 41.6 Å². The van der Waals surface area contributed by atoms with Gasteiger partial charge in [-0.3, -0.25) is 19.3 Å². The molecule has 0 atom stereocenters. The van der Waals surface area contributed by atoms with E-state index in [1.807, 2.05) is 48.5 Å². The molecule has 0 bridgehead atoms. The van der Waals surface area contributed by atoms with Gasteiger partial charge in [-0.2, -0.15) is 5.10 Å². The van der Waals surface area contributed by atoms with Crippen LogP contribution in [-0.4, -0.2) is 43.9 Å². The summed E-state index contributed by atoms with van der Waals surface area (Å²) < 4.78 is 1.70. The molecule has 8 nitrogen and oxygen atoms in total. The predicted octanol–water partition coefficient (Wildman–Crippen LogP) is 3.49. The van der Waals surface area contributed by atoms with Crippen LogP contribution in [0, 0.1) is 0 Å². The number of imide groups is 1. The molecule has 0 fully saturated rings. The maximum atomic E-state index is 12.9. The van der Waals surface area contributed by atoms with E-state index in [1.54, 1.807) is 23.1 Å². The fraction of sp³-hybridized carbons (Fsp3) is 0.160. The molecule has 0 radical (unpaired) electrons. The minimum absolute atomic E-state index is 0.174. The van der Waals surface area contributed by atoms with Crippen molar-refractivity contribution >= 4 is 34.2 Å². The van der Waals surface area contributed by atoms with E-state index in [9.17, 15) is 14.4 Å². The highest BCUT2D eigenvalue weighted by Crippen LogP contribution is 2.30. The van der Waals surface area contributed by atoms with Crippen molar-refractivity contribution in [2.24, 2.45) is 0 Å². The van der Waals surface area contributed by atoms with Crippen LogP contribution in [0.4, 0.5) is 5.69 Å². The van der Waals surface area contributed by atoms with E-state index in [0.29, 0.717) is 35.2 Å². The van der Waals surface area contributed by atoms with E-state index in [-0.39, 0.29) is 30.7 Å². The zero-order valence-electron chi connectivity index (χ0n) is 17.8. The van der Waals surface area contributed by atoms with Crippen LogP contribution < -0.4 is 5.32 Å². The normalized spacial score (nSPS) is 12.9. The first-order valence-corrected chi connectivity index (χ1v) is 10.7. The number of carbonyl (C=O) groups excluding carboxylic acids is 3. The summed E-state index contributed by atoms with van der Waals surface area (Å²) in [5.41, 5.74) is 2.71. The number of benzene rings is 3. The van der Waals surface area contributed by atoms with E-state index in [4.69, 9.17) is 0 Å². The minimum atomic E-state index is -0.314. The Morgan fingerprint density at radius 1 is 0.939 bits per heavy atom. The highest BCUT2D eigenvalue weighted by atomic mass is 16.2. The molecule has 0 saturated carbocycles. The second-order valence-corrected chi connectivity index (χ2v) is 7.92. The number of carbonyl (C=O) groups is 3. The maximum Gasteiger partial charge on any atom is 0.261 e. The molecule has 1 aliphatic heterocycles. The van der Waals surface area contributed by atoms with E-state index >= 15 is 0 Å². The van der Waals surface area contributed by atoms with Gasteiger partial charge in [-0.15, -0.1) is 0 Å². The van der Waals surface area contributed by atoms with Crippen LogP contribution in [0.2, 0.25) is 0 Å². The molecule has 3 amide bonds.